The fraction of sp³-hybridized carbons (Fsp3) is 0.312. The second-order valence-electron chi connectivity index (χ2n) is 9.92. The number of nitrogens with one attached hydrogen (secondary N) is 2. The van der Waals surface area contributed by atoms with Crippen molar-refractivity contribution in [3.05, 3.63) is 113 Å². The van der Waals surface area contributed by atoms with Crippen LogP contribution in [0.1, 0.15) is 41.9 Å². The van der Waals surface area contributed by atoms with Crippen LogP contribution in [0.15, 0.2) is 91.0 Å². The van der Waals surface area contributed by atoms with Gasteiger partial charge in [-0.3, -0.25) is 9.59 Å². The molecule has 1 fully saturated rings. The fourth-order valence-corrected chi connectivity index (χ4v) is 5.10. The van der Waals surface area contributed by atoms with Crippen molar-refractivity contribution < 1.29 is 9.59 Å². The van der Waals surface area contributed by atoms with Crippen LogP contribution >= 0.6 is 11.6 Å². The van der Waals surface area contributed by atoms with E-state index in [-0.39, 0.29) is 29.8 Å². The van der Waals surface area contributed by atoms with Crippen LogP contribution in [0, 0.1) is 0 Å². The van der Waals surface area contributed by atoms with Crippen molar-refractivity contribution in [1.29, 1.82) is 0 Å². The molecule has 204 valence electrons. The van der Waals surface area contributed by atoms with Crippen molar-refractivity contribution in [2.24, 2.45) is 5.73 Å². The van der Waals surface area contributed by atoms with E-state index in [1.807, 2.05) is 53.4 Å². The summed E-state index contributed by atoms with van der Waals surface area (Å²) in [6.07, 6.45) is 5.43. The van der Waals surface area contributed by atoms with E-state index in [2.05, 4.69) is 34.9 Å². The molecule has 7 heteroatoms. The van der Waals surface area contributed by atoms with Crippen LogP contribution in [0.2, 0.25) is 5.02 Å². The van der Waals surface area contributed by atoms with Crippen molar-refractivity contribution in [3.8, 4) is 0 Å². The maximum Gasteiger partial charge on any atom is 0.244 e. The zero-order valence-electron chi connectivity index (χ0n) is 22.1. The maximum absolute atomic E-state index is 13.7. The molecular weight excluding hydrogens is 508 g/mol. The van der Waals surface area contributed by atoms with Crippen molar-refractivity contribution in [1.82, 2.24) is 15.5 Å². The number of rotatable bonds is 11. The standard InChI is InChI=1S/C32H37ClN4O2/c33-27-16-13-24(14-17-27)15-18-31(38)35-22-28-19-21-37(32(39)30(36-28)12-7-20-34)23-29(25-8-3-1-4-9-25)26-10-5-2-6-11-26/h1-6,8-11,13-18,28-30,36H,7,12,19-23,34H2,(H,35,38). The Morgan fingerprint density at radius 2 is 1.67 bits per heavy atom. The number of benzene rings is 3. The summed E-state index contributed by atoms with van der Waals surface area (Å²) >= 11 is 5.93. The Balaban J connectivity index is 1.44. The molecule has 4 rings (SSSR count). The van der Waals surface area contributed by atoms with Gasteiger partial charge < -0.3 is 21.3 Å². The number of amides is 2. The van der Waals surface area contributed by atoms with E-state index in [1.54, 1.807) is 18.2 Å². The molecule has 0 aromatic heterocycles. The predicted molar refractivity (Wildman–Crippen MR) is 158 cm³/mol. The van der Waals surface area contributed by atoms with E-state index >= 15 is 0 Å². The van der Waals surface area contributed by atoms with Crippen LogP contribution in [-0.4, -0.2) is 55.0 Å². The molecule has 3 aromatic rings. The Kier molecular flexibility index (Phi) is 10.7. The summed E-state index contributed by atoms with van der Waals surface area (Å²) in [6, 6.07) is 27.6. The summed E-state index contributed by atoms with van der Waals surface area (Å²) in [6.45, 7) is 2.17. The normalized spacial score (nSPS) is 17.9. The lowest BCUT2D eigenvalue weighted by molar-refractivity contribution is -0.133. The zero-order chi connectivity index (χ0) is 27.5. The van der Waals surface area contributed by atoms with Gasteiger partial charge in [0.25, 0.3) is 0 Å². The van der Waals surface area contributed by atoms with Crippen LogP contribution in [0.3, 0.4) is 0 Å². The van der Waals surface area contributed by atoms with Gasteiger partial charge in [-0.1, -0.05) is 84.4 Å². The van der Waals surface area contributed by atoms with E-state index in [4.69, 9.17) is 17.3 Å². The molecule has 0 spiro atoms. The number of hydrogen-bond acceptors (Lipinski definition) is 4. The molecule has 6 nitrogen and oxygen atoms in total. The molecule has 2 atom stereocenters. The average molecular weight is 545 g/mol. The number of carbonyl (C=O) groups excluding carboxylic acids is 2. The predicted octanol–water partition coefficient (Wildman–Crippen LogP) is 4.60. The van der Waals surface area contributed by atoms with Gasteiger partial charge in [0.2, 0.25) is 11.8 Å². The molecule has 1 aliphatic heterocycles. The summed E-state index contributed by atoms with van der Waals surface area (Å²) in [5.41, 5.74) is 9.06. The van der Waals surface area contributed by atoms with E-state index in [9.17, 15) is 9.59 Å². The highest BCUT2D eigenvalue weighted by atomic mass is 35.5. The molecule has 4 N–H and O–H groups in total. The molecule has 1 heterocycles. The minimum absolute atomic E-state index is 0.0264. The third kappa shape index (κ3) is 8.52. The second kappa shape index (κ2) is 14.6. The van der Waals surface area contributed by atoms with Gasteiger partial charge in [-0.25, -0.2) is 0 Å². The lowest BCUT2D eigenvalue weighted by atomic mass is 9.90. The average Bonchev–Trinajstić information content (AvgIpc) is 3.12. The molecule has 39 heavy (non-hydrogen) atoms. The molecule has 1 aliphatic rings. The van der Waals surface area contributed by atoms with Gasteiger partial charge in [0.05, 0.1) is 6.04 Å². The van der Waals surface area contributed by atoms with Gasteiger partial charge in [0, 0.05) is 42.7 Å². The number of nitrogens with two attached hydrogens (primary N) is 1. The second-order valence-corrected chi connectivity index (χ2v) is 10.4. The van der Waals surface area contributed by atoms with E-state index < -0.39 is 0 Å². The zero-order valence-corrected chi connectivity index (χ0v) is 22.9. The number of carbonyl (C=O) groups is 2. The van der Waals surface area contributed by atoms with E-state index in [0.717, 1.165) is 18.4 Å². The largest absolute Gasteiger partial charge is 0.351 e. The highest BCUT2D eigenvalue weighted by Gasteiger charge is 2.32. The molecule has 0 bridgehead atoms. The van der Waals surface area contributed by atoms with Crippen molar-refractivity contribution in [3.63, 3.8) is 0 Å². The molecular formula is C32H37ClN4O2. The number of hydrogen-bond donors (Lipinski definition) is 3. The lowest BCUT2D eigenvalue weighted by Gasteiger charge is -2.29. The van der Waals surface area contributed by atoms with Crippen LogP contribution in [-0.2, 0) is 9.59 Å². The van der Waals surface area contributed by atoms with Gasteiger partial charge in [0.1, 0.15) is 0 Å². The van der Waals surface area contributed by atoms with Crippen molar-refractivity contribution in [2.75, 3.05) is 26.2 Å². The molecule has 0 aliphatic carbocycles. The van der Waals surface area contributed by atoms with Crippen molar-refractivity contribution >= 4 is 29.5 Å². The molecule has 0 radical (unpaired) electrons. The van der Waals surface area contributed by atoms with Gasteiger partial charge >= 0.3 is 0 Å². The Morgan fingerprint density at radius 3 is 2.28 bits per heavy atom. The quantitative estimate of drug-likeness (QED) is 0.308. The summed E-state index contributed by atoms with van der Waals surface area (Å²) in [7, 11) is 0. The van der Waals surface area contributed by atoms with Crippen LogP contribution in [0.4, 0.5) is 0 Å². The SMILES string of the molecule is NCCCC1NC(CNC(=O)C=Cc2ccc(Cl)cc2)CCN(CC(c2ccccc2)c2ccccc2)C1=O. The lowest BCUT2D eigenvalue weighted by Crippen LogP contribution is -2.49. The first kappa shape index (κ1) is 28.6. The maximum atomic E-state index is 13.7. The smallest absolute Gasteiger partial charge is 0.244 e. The van der Waals surface area contributed by atoms with Crippen LogP contribution in [0.25, 0.3) is 6.08 Å². The van der Waals surface area contributed by atoms with Gasteiger partial charge in [-0.2, -0.15) is 0 Å². The monoisotopic (exact) mass is 544 g/mol. The molecule has 1 saturated heterocycles. The van der Waals surface area contributed by atoms with Gasteiger partial charge in [0.15, 0.2) is 0 Å². The summed E-state index contributed by atoms with van der Waals surface area (Å²) in [5.74, 6) is -0.0107. The third-order valence-electron chi connectivity index (χ3n) is 7.12. The van der Waals surface area contributed by atoms with Gasteiger partial charge in [-0.05, 0) is 60.7 Å². The summed E-state index contributed by atoms with van der Waals surface area (Å²) in [5, 5.41) is 7.17. The Hall–Kier alpha value is -3.45. The fourth-order valence-electron chi connectivity index (χ4n) is 4.98. The number of halogens is 1. The molecule has 2 unspecified atom stereocenters. The molecule has 2 amide bonds. The van der Waals surface area contributed by atoms with E-state index in [0.29, 0.717) is 37.6 Å². The molecule has 0 saturated carbocycles. The van der Waals surface area contributed by atoms with E-state index in [1.165, 1.54) is 17.2 Å². The topological polar surface area (TPSA) is 87.5 Å². The highest BCUT2D eigenvalue weighted by Crippen LogP contribution is 2.27. The number of nitrogens with zero attached hydrogens (tertiary/aromatic N) is 1. The Bertz CT molecular complexity index is 1180. The third-order valence-corrected chi connectivity index (χ3v) is 7.37. The first-order chi connectivity index (χ1) is 19.0. The first-order valence-corrected chi connectivity index (χ1v) is 14.0. The van der Waals surface area contributed by atoms with Crippen LogP contribution in [0.5, 0.6) is 0 Å². The Labute approximate surface area is 236 Å². The first-order valence-electron chi connectivity index (χ1n) is 13.6. The minimum atomic E-state index is -0.338. The summed E-state index contributed by atoms with van der Waals surface area (Å²) in [4.78, 5) is 28.2. The van der Waals surface area contributed by atoms with Gasteiger partial charge in [-0.15, -0.1) is 0 Å². The Morgan fingerprint density at radius 1 is 1.03 bits per heavy atom. The van der Waals surface area contributed by atoms with Crippen molar-refractivity contribution in [2.45, 2.75) is 37.3 Å². The van der Waals surface area contributed by atoms with Crippen LogP contribution < -0.4 is 16.4 Å². The molecule has 3 aromatic carbocycles. The summed E-state index contributed by atoms with van der Waals surface area (Å²) < 4.78 is 0. The minimum Gasteiger partial charge on any atom is -0.351 e. The highest BCUT2D eigenvalue weighted by molar-refractivity contribution is 6.30.